The van der Waals surface area contributed by atoms with E-state index < -0.39 is 0 Å². The lowest BCUT2D eigenvalue weighted by atomic mass is 10.1. The normalized spacial score (nSPS) is 10.8. The van der Waals surface area contributed by atoms with Crippen LogP contribution in [0, 0.1) is 12.7 Å². The van der Waals surface area contributed by atoms with Crippen LogP contribution in [0.5, 0.6) is 0 Å². The summed E-state index contributed by atoms with van der Waals surface area (Å²) in [6.07, 6.45) is 0.447. The van der Waals surface area contributed by atoms with Gasteiger partial charge in [0.05, 0.1) is 0 Å². The first-order chi connectivity index (χ1) is 10.6. The van der Waals surface area contributed by atoms with Crippen molar-refractivity contribution < 1.29 is 13.6 Å². The predicted molar refractivity (Wildman–Crippen MR) is 81.2 cm³/mol. The van der Waals surface area contributed by atoms with Crippen molar-refractivity contribution in [3.63, 3.8) is 0 Å². The molecule has 1 amide bonds. The third kappa shape index (κ3) is 2.98. The molecule has 0 atom stereocenters. The number of carbonyl (C=O) groups excluding carboxylic acids is 1. The number of hydrogen-bond donors (Lipinski definition) is 1. The molecule has 3 aromatic rings. The molecule has 0 spiro atoms. The number of aromatic nitrogens is 1. The van der Waals surface area contributed by atoms with E-state index in [1.54, 1.807) is 43.3 Å². The van der Waals surface area contributed by atoms with Gasteiger partial charge in [0.2, 0.25) is 0 Å². The first-order valence-electron chi connectivity index (χ1n) is 7.02. The number of oxazole rings is 1. The van der Waals surface area contributed by atoms with Crippen molar-refractivity contribution >= 4 is 17.0 Å². The topological polar surface area (TPSA) is 55.1 Å². The highest BCUT2D eigenvalue weighted by Gasteiger charge is 2.09. The lowest BCUT2D eigenvalue weighted by Crippen LogP contribution is -2.25. The van der Waals surface area contributed by atoms with Crippen molar-refractivity contribution in [2.75, 3.05) is 6.54 Å². The van der Waals surface area contributed by atoms with Crippen LogP contribution in [0.25, 0.3) is 11.1 Å². The lowest BCUT2D eigenvalue weighted by Gasteiger charge is -2.06. The molecule has 112 valence electrons. The summed E-state index contributed by atoms with van der Waals surface area (Å²) in [4.78, 5) is 16.3. The Labute approximate surface area is 127 Å². The van der Waals surface area contributed by atoms with Gasteiger partial charge in [-0.05, 0) is 36.2 Å². The van der Waals surface area contributed by atoms with Gasteiger partial charge in [-0.3, -0.25) is 4.79 Å². The number of amides is 1. The van der Waals surface area contributed by atoms with Gasteiger partial charge >= 0.3 is 0 Å². The summed E-state index contributed by atoms with van der Waals surface area (Å²) >= 11 is 0. The Morgan fingerprint density at radius 3 is 2.91 bits per heavy atom. The molecule has 0 aliphatic rings. The molecule has 22 heavy (non-hydrogen) atoms. The average Bonchev–Trinajstić information content (AvgIpc) is 2.88. The molecular formula is C17H15FN2O2. The number of benzene rings is 2. The minimum atomic E-state index is -0.254. The molecular weight excluding hydrogens is 283 g/mol. The summed E-state index contributed by atoms with van der Waals surface area (Å²) in [5, 5.41) is 2.78. The van der Waals surface area contributed by atoms with Crippen molar-refractivity contribution in [2.24, 2.45) is 0 Å². The second kappa shape index (κ2) is 5.97. The van der Waals surface area contributed by atoms with E-state index in [2.05, 4.69) is 10.3 Å². The van der Waals surface area contributed by atoms with Crippen LogP contribution < -0.4 is 5.32 Å². The van der Waals surface area contributed by atoms with Crippen molar-refractivity contribution in [2.45, 2.75) is 13.3 Å². The Morgan fingerprint density at radius 1 is 1.27 bits per heavy atom. The summed E-state index contributed by atoms with van der Waals surface area (Å²) in [6, 6.07) is 11.7. The van der Waals surface area contributed by atoms with Crippen molar-refractivity contribution in [3.8, 4) is 0 Å². The van der Waals surface area contributed by atoms with E-state index in [1.807, 2.05) is 0 Å². The number of nitrogens with one attached hydrogen (secondary N) is 1. The molecule has 0 saturated heterocycles. The van der Waals surface area contributed by atoms with Crippen LogP contribution in [0.4, 0.5) is 4.39 Å². The Balaban J connectivity index is 1.64. The predicted octanol–water partition coefficient (Wildman–Crippen LogP) is 3.25. The highest BCUT2D eigenvalue weighted by Crippen LogP contribution is 2.16. The monoisotopic (exact) mass is 298 g/mol. The van der Waals surface area contributed by atoms with E-state index in [4.69, 9.17) is 4.42 Å². The van der Waals surface area contributed by atoms with Crippen LogP contribution in [0.2, 0.25) is 0 Å². The van der Waals surface area contributed by atoms with E-state index in [0.717, 1.165) is 5.52 Å². The smallest absolute Gasteiger partial charge is 0.251 e. The fraction of sp³-hybridized carbons (Fsp3) is 0.176. The number of aryl methyl sites for hydroxylation is 1. The average molecular weight is 298 g/mol. The van der Waals surface area contributed by atoms with E-state index in [0.29, 0.717) is 35.6 Å². The number of hydrogen-bond acceptors (Lipinski definition) is 3. The first kappa shape index (κ1) is 14.3. The van der Waals surface area contributed by atoms with Gasteiger partial charge in [-0.15, -0.1) is 0 Å². The zero-order valence-electron chi connectivity index (χ0n) is 12.1. The molecule has 1 aromatic heterocycles. The molecule has 0 aliphatic heterocycles. The molecule has 0 bridgehead atoms. The van der Waals surface area contributed by atoms with Gasteiger partial charge in [0.1, 0.15) is 11.3 Å². The number of nitrogens with zero attached hydrogens (tertiary/aromatic N) is 1. The molecule has 4 nitrogen and oxygen atoms in total. The Morgan fingerprint density at radius 2 is 2.09 bits per heavy atom. The maximum atomic E-state index is 13.5. The Bertz CT molecular complexity index is 826. The van der Waals surface area contributed by atoms with E-state index in [1.165, 1.54) is 6.07 Å². The van der Waals surface area contributed by atoms with E-state index >= 15 is 0 Å². The van der Waals surface area contributed by atoms with Gasteiger partial charge in [-0.2, -0.15) is 0 Å². The molecule has 0 saturated carbocycles. The summed E-state index contributed by atoms with van der Waals surface area (Å²) in [5.41, 5.74) is 2.39. The van der Waals surface area contributed by atoms with Crippen LogP contribution in [-0.4, -0.2) is 17.4 Å². The molecule has 3 rings (SSSR count). The largest absolute Gasteiger partial charge is 0.441 e. The van der Waals surface area contributed by atoms with Gasteiger partial charge in [-0.25, -0.2) is 9.37 Å². The zero-order valence-corrected chi connectivity index (χ0v) is 12.1. The SMILES string of the molecule is Cc1nc2ccc(C(=O)NCCc3ccccc3F)cc2o1. The maximum Gasteiger partial charge on any atom is 0.251 e. The first-order valence-corrected chi connectivity index (χ1v) is 7.02. The number of carbonyl (C=O) groups is 1. The fourth-order valence-electron chi connectivity index (χ4n) is 2.29. The van der Waals surface area contributed by atoms with Gasteiger partial charge in [0.25, 0.3) is 5.91 Å². The second-order valence-corrected chi connectivity index (χ2v) is 5.01. The number of halogens is 1. The van der Waals surface area contributed by atoms with Gasteiger partial charge in [-0.1, -0.05) is 18.2 Å². The molecule has 0 unspecified atom stereocenters. The van der Waals surface area contributed by atoms with Gasteiger partial charge in [0.15, 0.2) is 11.5 Å². The summed E-state index contributed by atoms with van der Waals surface area (Å²) in [5.74, 6) is 0.0923. The van der Waals surface area contributed by atoms with Crippen LogP contribution in [0.1, 0.15) is 21.8 Å². The van der Waals surface area contributed by atoms with Crippen molar-refractivity contribution in [1.82, 2.24) is 10.3 Å². The Kier molecular flexibility index (Phi) is 3.87. The highest BCUT2D eigenvalue weighted by molar-refractivity contribution is 5.97. The quantitative estimate of drug-likeness (QED) is 0.804. The van der Waals surface area contributed by atoms with Crippen molar-refractivity contribution in [1.29, 1.82) is 0 Å². The zero-order chi connectivity index (χ0) is 15.5. The molecule has 0 aliphatic carbocycles. The molecule has 1 N–H and O–H groups in total. The highest BCUT2D eigenvalue weighted by atomic mass is 19.1. The van der Waals surface area contributed by atoms with Crippen LogP contribution in [0.15, 0.2) is 46.9 Å². The second-order valence-electron chi connectivity index (χ2n) is 5.01. The molecule has 0 fully saturated rings. The lowest BCUT2D eigenvalue weighted by molar-refractivity contribution is 0.0954. The summed E-state index contributed by atoms with van der Waals surface area (Å²) < 4.78 is 18.9. The fourth-order valence-corrected chi connectivity index (χ4v) is 2.29. The van der Waals surface area contributed by atoms with Crippen LogP contribution >= 0.6 is 0 Å². The number of fused-ring (bicyclic) bond motifs is 1. The van der Waals surface area contributed by atoms with Crippen molar-refractivity contribution in [3.05, 3.63) is 65.3 Å². The van der Waals surface area contributed by atoms with Crippen LogP contribution in [0.3, 0.4) is 0 Å². The maximum absolute atomic E-state index is 13.5. The third-order valence-corrected chi connectivity index (χ3v) is 3.40. The van der Waals surface area contributed by atoms with Gasteiger partial charge < -0.3 is 9.73 Å². The van der Waals surface area contributed by atoms with E-state index in [9.17, 15) is 9.18 Å². The molecule has 0 radical (unpaired) electrons. The molecule has 5 heteroatoms. The summed E-state index contributed by atoms with van der Waals surface area (Å²) in [7, 11) is 0. The molecule has 1 heterocycles. The third-order valence-electron chi connectivity index (χ3n) is 3.40. The summed E-state index contributed by atoms with van der Waals surface area (Å²) in [6.45, 7) is 2.13. The van der Waals surface area contributed by atoms with Gasteiger partial charge in [0, 0.05) is 19.0 Å². The Hall–Kier alpha value is -2.69. The molecule has 2 aromatic carbocycles. The number of rotatable bonds is 4. The minimum Gasteiger partial charge on any atom is -0.441 e. The van der Waals surface area contributed by atoms with Crippen LogP contribution in [-0.2, 0) is 6.42 Å². The standard InChI is InChI=1S/C17H15FN2O2/c1-11-20-15-7-6-13(10-16(15)22-11)17(21)19-9-8-12-4-2-3-5-14(12)18/h2-7,10H,8-9H2,1H3,(H,19,21). The minimum absolute atomic E-state index is 0.215. The van der Waals surface area contributed by atoms with E-state index in [-0.39, 0.29) is 11.7 Å².